The fourth-order valence-corrected chi connectivity index (χ4v) is 1.16. The molecule has 0 atom stereocenters. The first kappa shape index (κ1) is 21.2. The zero-order valence-corrected chi connectivity index (χ0v) is 10.7. The van der Waals surface area contributed by atoms with Gasteiger partial charge in [0.2, 0.25) is 0 Å². The van der Waals surface area contributed by atoms with Crippen LogP contribution in [0.1, 0.15) is 51.9 Å². The van der Waals surface area contributed by atoms with Gasteiger partial charge in [0, 0.05) is 12.8 Å². The molecule has 0 aliphatic rings. The molecule has 0 saturated heterocycles. The van der Waals surface area contributed by atoms with Crippen LogP contribution in [0, 0.1) is 0 Å². The van der Waals surface area contributed by atoms with Crippen LogP contribution in [0.15, 0.2) is 0 Å². The van der Waals surface area contributed by atoms with Crippen molar-refractivity contribution < 1.29 is 19.4 Å². The van der Waals surface area contributed by atoms with E-state index in [0.717, 1.165) is 19.3 Å². The highest BCUT2D eigenvalue weighted by Crippen LogP contribution is 2.02. The Bertz CT molecular complexity index is 198. The van der Waals surface area contributed by atoms with Crippen molar-refractivity contribution in [1.82, 2.24) is 12.3 Å². The summed E-state index contributed by atoms with van der Waals surface area (Å²) in [5.74, 6) is -1.03. The number of carboxylic acids is 1. The Balaban J connectivity index is -0.000000980. The minimum Gasteiger partial charge on any atom is -0.481 e. The summed E-state index contributed by atoms with van der Waals surface area (Å²) in [6, 6.07) is 0. The highest BCUT2D eigenvalue weighted by Gasteiger charge is 2.03. The molecular formula is C11H26N2O4. The zero-order valence-electron chi connectivity index (χ0n) is 10.7. The fraction of sp³-hybridized carbons (Fsp3) is 0.818. The molecule has 0 saturated carbocycles. The van der Waals surface area contributed by atoms with Crippen molar-refractivity contribution in [1.29, 1.82) is 0 Å². The molecule has 0 radical (unpaired) electrons. The molecule has 0 bridgehead atoms. The van der Waals surface area contributed by atoms with Gasteiger partial charge in [-0.1, -0.05) is 19.8 Å². The van der Waals surface area contributed by atoms with Crippen LogP contribution in [0.4, 0.5) is 0 Å². The maximum atomic E-state index is 11.1. The number of carbonyl (C=O) groups is 2. The van der Waals surface area contributed by atoms with Crippen LogP contribution in [0.25, 0.3) is 0 Å². The SMILES string of the molecule is CCCCCOC(=O)CCCCC(=O)O.N.N. The van der Waals surface area contributed by atoms with Crippen molar-refractivity contribution in [2.24, 2.45) is 0 Å². The third-order valence-corrected chi connectivity index (χ3v) is 2.03. The molecule has 0 heterocycles. The zero-order chi connectivity index (χ0) is 11.5. The molecule has 0 aromatic heterocycles. The lowest BCUT2D eigenvalue weighted by Crippen LogP contribution is -2.06. The molecule has 0 rings (SSSR count). The first-order valence-electron chi connectivity index (χ1n) is 5.54. The third kappa shape index (κ3) is 17.5. The number of unbranched alkanes of at least 4 members (excludes halogenated alkanes) is 3. The Morgan fingerprint density at radius 1 is 1.00 bits per heavy atom. The van der Waals surface area contributed by atoms with E-state index in [1.165, 1.54) is 0 Å². The van der Waals surface area contributed by atoms with Crippen molar-refractivity contribution in [3.8, 4) is 0 Å². The maximum absolute atomic E-state index is 11.1. The highest BCUT2D eigenvalue weighted by molar-refractivity contribution is 5.69. The van der Waals surface area contributed by atoms with E-state index in [1.807, 2.05) is 0 Å². The van der Waals surface area contributed by atoms with Crippen molar-refractivity contribution in [3.05, 3.63) is 0 Å². The molecule has 6 heteroatoms. The minimum absolute atomic E-state index is 0. The Labute approximate surface area is 103 Å². The Morgan fingerprint density at radius 2 is 1.59 bits per heavy atom. The first-order chi connectivity index (χ1) is 7.16. The average Bonchev–Trinajstić information content (AvgIpc) is 2.19. The first-order valence-corrected chi connectivity index (χ1v) is 5.54. The lowest BCUT2D eigenvalue weighted by molar-refractivity contribution is -0.144. The summed E-state index contributed by atoms with van der Waals surface area (Å²) in [7, 11) is 0. The largest absolute Gasteiger partial charge is 0.481 e. The van der Waals surface area contributed by atoms with E-state index in [9.17, 15) is 9.59 Å². The van der Waals surface area contributed by atoms with Crippen LogP contribution in [0.5, 0.6) is 0 Å². The molecule has 104 valence electrons. The predicted molar refractivity (Wildman–Crippen MR) is 66.6 cm³/mol. The minimum atomic E-state index is -0.814. The number of hydrogen-bond acceptors (Lipinski definition) is 5. The maximum Gasteiger partial charge on any atom is 0.305 e. The van der Waals surface area contributed by atoms with Gasteiger partial charge >= 0.3 is 11.9 Å². The van der Waals surface area contributed by atoms with Crippen molar-refractivity contribution in [3.63, 3.8) is 0 Å². The van der Waals surface area contributed by atoms with Gasteiger partial charge in [0.15, 0.2) is 0 Å². The second kappa shape index (κ2) is 14.9. The molecule has 0 aliphatic carbocycles. The van der Waals surface area contributed by atoms with E-state index in [1.54, 1.807) is 0 Å². The van der Waals surface area contributed by atoms with Crippen LogP contribution in [0.3, 0.4) is 0 Å². The van der Waals surface area contributed by atoms with Crippen LogP contribution in [-0.2, 0) is 14.3 Å². The average molecular weight is 250 g/mol. The lowest BCUT2D eigenvalue weighted by Gasteiger charge is -2.03. The molecular weight excluding hydrogens is 224 g/mol. The second-order valence-electron chi connectivity index (χ2n) is 3.53. The van der Waals surface area contributed by atoms with Crippen LogP contribution in [-0.4, -0.2) is 23.7 Å². The van der Waals surface area contributed by atoms with E-state index in [2.05, 4.69) is 6.92 Å². The van der Waals surface area contributed by atoms with Gasteiger partial charge in [-0.3, -0.25) is 9.59 Å². The van der Waals surface area contributed by atoms with Gasteiger partial charge in [-0.2, -0.15) is 0 Å². The Kier molecular flexibility index (Phi) is 18.5. The smallest absolute Gasteiger partial charge is 0.305 e. The van der Waals surface area contributed by atoms with Gasteiger partial charge in [0.1, 0.15) is 0 Å². The van der Waals surface area contributed by atoms with E-state index in [0.29, 0.717) is 25.9 Å². The number of hydrogen-bond donors (Lipinski definition) is 3. The van der Waals surface area contributed by atoms with Crippen LogP contribution >= 0.6 is 0 Å². The normalized spacial score (nSPS) is 8.76. The summed E-state index contributed by atoms with van der Waals surface area (Å²) in [4.78, 5) is 21.3. The number of aliphatic carboxylic acids is 1. The van der Waals surface area contributed by atoms with E-state index in [4.69, 9.17) is 9.84 Å². The summed E-state index contributed by atoms with van der Waals surface area (Å²) in [6.07, 6.45) is 4.70. The molecule has 0 fully saturated rings. The highest BCUT2D eigenvalue weighted by atomic mass is 16.5. The summed E-state index contributed by atoms with van der Waals surface area (Å²) in [5.41, 5.74) is 0. The van der Waals surface area contributed by atoms with Gasteiger partial charge in [-0.05, 0) is 19.3 Å². The monoisotopic (exact) mass is 250 g/mol. The Morgan fingerprint density at radius 3 is 2.12 bits per heavy atom. The van der Waals surface area contributed by atoms with Gasteiger partial charge in [0.05, 0.1) is 6.61 Å². The third-order valence-electron chi connectivity index (χ3n) is 2.03. The van der Waals surface area contributed by atoms with E-state index < -0.39 is 5.97 Å². The molecule has 0 spiro atoms. The predicted octanol–water partition coefficient (Wildman–Crippen LogP) is 2.69. The van der Waals surface area contributed by atoms with E-state index >= 15 is 0 Å². The molecule has 0 unspecified atom stereocenters. The summed E-state index contributed by atoms with van der Waals surface area (Å²) < 4.78 is 4.96. The van der Waals surface area contributed by atoms with Crippen LogP contribution in [0.2, 0.25) is 0 Å². The number of carbonyl (C=O) groups excluding carboxylic acids is 1. The van der Waals surface area contributed by atoms with Gasteiger partial charge in [0.25, 0.3) is 0 Å². The summed E-state index contributed by atoms with van der Waals surface area (Å²) in [5, 5.41) is 8.36. The molecule has 6 nitrogen and oxygen atoms in total. The van der Waals surface area contributed by atoms with Gasteiger partial charge in [-0.15, -0.1) is 0 Å². The quantitative estimate of drug-likeness (QED) is 0.425. The molecule has 0 aliphatic heterocycles. The summed E-state index contributed by atoms with van der Waals surface area (Å²) in [6.45, 7) is 2.58. The number of ether oxygens (including phenoxy) is 1. The molecule has 7 N–H and O–H groups in total. The number of rotatable bonds is 9. The second-order valence-corrected chi connectivity index (χ2v) is 3.53. The van der Waals surface area contributed by atoms with Crippen LogP contribution < -0.4 is 12.3 Å². The van der Waals surface area contributed by atoms with E-state index in [-0.39, 0.29) is 24.7 Å². The Hall–Kier alpha value is -1.14. The summed E-state index contributed by atoms with van der Waals surface area (Å²) >= 11 is 0. The van der Waals surface area contributed by atoms with Gasteiger partial charge in [-0.25, -0.2) is 0 Å². The molecule has 17 heavy (non-hydrogen) atoms. The topological polar surface area (TPSA) is 134 Å². The fourth-order valence-electron chi connectivity index (χ4n) is 1.16. The number of esters is 1. The van der Waals surface area contributed by atoms with Crippen molar-refractivity contribution >= 4 is 11.9 Å². The molecule has 0 amide bonds. The van der Waals surface area contributed by atoms with Crippen molar-refractivity contribution in [2.75, 3.05) is 6.61 Å². The molecule has 0 aromatic rings. The van der Waals surface area contributed by atoms with Gasteiger partial charge < -0.3 is 22.1 Å². The standard InChI is InChI=1S/C11H20O4.2H3N/c1-2-3-6-9-15-11(14)8-5-4-7-10(12)13;;/h2-9H2,1H3,(H,12,13);2*1H3. The molecule has 0 aromatic carbocycles. The number of carboxylic acid groups (broad SMARTS) is 1. The lowest BCUT2D eigenvalue weighted by atomic mass is 10.2. The van der Waals surface area contributed by atoms with Crippen molar-refractivity contribution in [2.45, 2.75) is 51.9 Å².